The van der Waals surface area contributed by atoms with E-state index in [2.05, 4.69) is 15.0 Å². The number of benzene rings is 3. The molecule has 0 aliphatic carbocycles. The zero-order valence-corrected chi connectivity index (χ0v) is 20.1. The maximum absolute atomic E-state index is 13.2. The molecular formula is C27H28N4O3S. The number of nitrogens with two attached hydrogens (primary N) is 1. The second-order valence-electron chi connectivity index (χ2n) is 8.25. The molecule has 0 saturated heterocycles. The van der Waals surface area contributed by atoms with Crippen LogP contribution in [-0.4, -0.2) is 38.9 Å². The van der Waals surface area contributed by atoms with Crippen molar-refractivity contribution >= 4 is 26.7 Å². The Hall–Kier alpha value is -3.59. The van der Waals surface area contributed by atoms with E-state index < -0.39 is 15.9 Å². The number of hydrogen-bond acceptors (Lipinski definition) is 5. The molecule has 0 fully saturated rings. The number of nitrogens with one attached hydrogen (secondary N) is 2. The predicted octanol–water partition coefficient (Wildman–Crippen LogP) is 3.50. The number of nitrogens with zero attached hydrogens (tertiary/aromatic N) is 1. The van der Waals surface area contributed by atoms with Crippen molar-refractivity contribution in [3.8, 4) is 11.1 Å². The molecule has 1 heterocycles. The average molecular weight is 489 g/mol. The molecule has 0 aliphatic rings. The Balaban J connectivity index is 1.33. The second-order valence-corrected chi connectivity index (χ2v) is 9.99. The number of rotatable bonds is 11. The third-order valence-electron chi connectivity index (χ3n) is 5.76. The summed E-state index contributed by atoms with van der Waals surface area (Å²) in [5.41, 5.74) is 8.65. The fourth-order valence-corrected chi connectivity index (χ4v) is 5.21. The molecule has 7 nitrogen and oxygen atoms in total. The minimum atomic E-state index is -3.72. The number of carbonyl (C=O) groups is 1. The minimum absolute atomic E-state index is 0.246. The van der Waals surface area contributed by atoms with Crippen molar-refractivity contribution < 1.29 is 13.2 Å². The topological polar surface area (TPSA) is 114 Å². The molecule has 0 radical (unpaired) electrons. The lowest BCUT2D eigenvalue weighted by Crippen LogP contribution is -2.32. The fraction of sp³-hybridized carbons (Fsp3) is 0.185. The fourth-order valence-electron chi connectivity index (χ4n) is 3.92. The van der Waals surface area contributed by atoms with Gasteiger partial charge in [0.25, 0.3) is 0 Å². The SMILES string of the molecule is NC(=O)c1ccc(CCCNCCNS(=O)(=O)c2cc(-c3ccccc3)cc3cnccc23)cc1. The third kappa shape index (κ3) is 6.30. The van der Waals surface area contributed by atoms with Gasteiger partial charge in [-0.1, -0.05) is 42.5 Å². The number of amides is 1. The zero-order valence-electron chi connectivity index (χ0n) is 19.3. The highest BCUT2D eigenvalue weighted by Crippen LogP contribution is 2.30. The van der Waals surface area contributed by atoms with E-state index in [4.69, 9.17) is 5.73 Å². The zero-order chi connectivity index (χ0) is 24.7. The number of primary amides is 1. The summed E-state index contributed by atoms with van der Waals surface area (Å²) in [6.45, 7) is 1.53. The molecule has 4 rings (SSSR count). The maximum Gasteiger partial charge on any atom is 0.248 e. The van der Waals surface area contributed by atoms with Gasteiger partial charge in [-0.2, -0.15) is 0 Å². The molecule has 35 heavy (non-hydrogen) atoms. The molecule has 4 N–H and O–H groups in total. The van der Waals surface area contributed by atoms with Crippen molar-refractivity contribution in [2.24, 2.45) is 5.73 Å². The van der Waals surface area contributed by atoms with E-state index in [0.29, 0.717) is 17.5 Å². The highest BCUT2D eigenvalue weighted by molar-refractivity contribution is 7.89. The van der Waals surface area contributed by atoms with Crippen LogP contribution < -0.4 is 15.8 Å². The molecule has 4 aromatic rings. The first-order chi connectivity index (χ1) is 16.9. The Labute approximate surface area is 205 Å². The summed E-state index contributed by atoms with van der Waals surface area (Å²) in [5, 5.41) is 4.69. The van der Waals surface area contributed by atoms with Gasteiger partial charge in [0.2, 0.25) is 15.9 Å². The standard InChI is InChI=1S/C27H28N4O3S/c28-27(32)22-10-8-20(9-11-22)5-4-13-29-15-16-31-35(33,34)26-18-23(21-6-2-1-3-7-21)17-24-19-30-14-12-25(24)26/h1-3,6-12,14,17-19,29,31H,4-5,13,15-16H2,(H2,28,32). The Morgan fingerprint density at radius 3 is 2.40 bits per heavy atom. The number of fused-ring (bicyclic) bond motifs is 1. The normalized spacial score (nSPS) is 11.5. The monoisotopic (exact) mass is 488 g/mol. The molecule has 0 spiro atoms. The molecule has 3 aromatic carbocycles. The summed E-state index contributed by atoms with van der Waals surface area (Å²) in [4.78, 5) is 15.5. The number of aryl methyl sites for hydroxylation is 1. The highest BCUT2D eigenvalue weighted by Gasteiger charge is 2.18. The van der Waals surface area contributed by atoms with Crippen molar-refractivity contribution in [3.05, 3.63) is 96.3 Å². The van der Waals surface area contributed by atoms with Gasteiger partial charge in [0, 0.05) is 41.8 Å². The molecule has 0 saturated carbocycles. The van der Waals surface area contributed by atoms with Crippen molar-refractivity contribution in [3.63, 3.8) is 0 Å². The first-order valence-electron chi connectivity index (χ1n) is 11.5. The van der Waals surface area contributed by atoms with E-state index in [1.807, 2.05) is 48.5 Å². The largest absolute Gasteiger partial charge is 0.366 e. The van der Waals surface area contributed by atoms with Crippen LogP contribution in [0.15, 0.2) is 90.1 Å². The highest BCUT2D eigenvalue weighted by atomic mass is 32.2. The molecule has 1 aromatic heterocycles. The van der Waals surface area contributed by atoms with E-state index in [-0.39, 0.29) is 11.4 Å². The van der Waals surface area contributed by atoms with Crippen molar-refractivity contribution in [1.82, 2.24) is 15.0 Å². The average Bonchev–Trinajstić information content (AvgIpc) is 2.88. The molecular weight excluding hydrogens is 460 g/mol. The summed E-state index contributed by atoms with van der Waals surface area (Å²) in [6.07, 6.45) is 5.03. The number of aromatic nitrogens is 1. The number of hydrogen-bond donors (Lipinski definition) is 3. The van der Waals surface area contributed by atoms with Crippen LogP contribution in [0, 0.1) is 0 Å². The second kappa shape index (κ2) is 11.2. The van der Waals surface area contributed by atoms with Gasteiger partial charge >= 0.3 is 0 Å². The minimum Gasteiger partial charge on any atom is -0.366 e. The van der Waals surface area contributed by atoms with Crippen LogP contribution >= 0.6 is 0 Å². The van der Waals surface area contributed by atoms with Gasteiger partial charge in [-0.15, -0.1) is 0 Å². The van der Waals surface area contributed by atoms with Crippen LogP contribution in [0.3, 0.4) is 0 Å². The Bertz CT molecular complexity index is 1410. The van der Waals surface area contributed by atoms with E-state index in [9.17, 15) is 13.2 Å². The van der Waals surface area contributed by atoms with E-state index in [0.717, 1.165) is 41.5 Å². The molecule has 0 bridgehead atoms. The van der Waals surface area contributed by atoms with Gasteiger partial charge in [-0.3, -0.25) is 9.78 Å². The molecule has 0 atom stereocenters. The van der Waals surface area contributed by atoms with Gasteiger partial charge in [-0.25, -0.2) is 13.1 Å². The van der Waals surface area contributed by atoms with Gasteiger partial charge in [0.1, 0.15) is 0 Å². The Morgan fingerprint density at radius 1 is 0.886 bits per heavy atom. The van der Waals surface area contributed by atoms with Crippen molar-refractivity contribution in [1.29, 1.82) is 0 Å². The van der Waals surface area contributed by atoms with E-state index >= 15 is 0 Å². The van der Waals surface area contributed by atoms with Crippen LogP contribution in [0.2, 0.25) is 0 Å². The number of sulfonamides is 1. The van der Waals surface area contributed by atoms with Gasteiger partial charge in [0.15, 0.2) is 0 Å². The molecule has 1 amide bonds. The summed E-state index contributed by atoms with van der Waals surface area (Å²) in [6, 6.07) is 22.4. The van der Waals surface area contributed by atoms with Crippen LogP contribution in [-0.2, 0) is 16.4 Å². The smallest absolute Gasteiger partial charge is 0.248 e. The summed E-state index contributed by atoms with van der Waals surface area (Å²) in [5.74, 6) is -0.433. The van der Waals surface area contributed by atoms with Crippen molar-refractivity contribution in [2.45, 2.75) is 17.7 Å². The summed E-state index contributed by atoms with van der Waals surface area (Å²) >= 11 is 0. The van der Waals surface area contributed by atoms with Gasteiger partial charge in [0.05, 0.1) is 4.90 Å². The van der Waals surface area contributed by atoms with Crippen molar-refractivity contribution in [2.75, 3.05) is 19.6 Å². The van der Waals surface area contributed by atoms with Gasteiger partial charge < -0.3 is 11.1 Å². The Kier molecular flexibility index (Phi) is 7.87. The van der Waals surface area contributed by atoms with E-state index in [1.54, 1.807) is 36.7 Å². The first kappa shape index (κ1) is 24.5. The lowest BCUT2D eigenvalue weighted by Gasteiger charge is -2.13. The summed E-state index contributed by atoms with van der Waals surface area (Å²) in [7, 11) is -3.72. The number of carbonyl (C=O) groups excluding carboxylic acids is 1. The molecule has 8 heteroatoms. The number of pyridine rings is 1. The molecule has 0 aliphatic heterocycles. The molecule has 0 unspecified atom stereocenters. The Morgan fingerprint density at radius 2 is 1.66 bits per heavy atom. The molecule has 180 valence electrons. The van der Waals surface area contributed by atoms with E-state index in [1.165, 1.54) is 0 Å². The summed E-state index contributed by atoms with van der Waals surface area (Å²) < 4.78 is 29.1. The van der Waals surface area contributed by atoms with Crippen LogP contribution in [0.5, 0.6) is 0 Å². The third-order valence-corrected chi connectivity index (χ3v) is 7.26. The lowest BCUT2D eigenvalue weighted by molar-refractivity contribution is 0.1000. The van der Waals surface area contributed by atoms with Gasteiger partial charge in [-0.05, 0) is 66.4 Å². The maximum atomic E-state index is 13.2. The lowest BCUT2D eigenvalue weighted by atomic mass is 10.0. The van der Waals surface area contributed by atoms with Crippen LogP contribution in [0.25, 0.3) is 21.9 Å². The predicted molar refractivity (Wildman–Crippen MR) is 139 cm³/mol. The quantitative estimate of drug-likeness (QED) is 0.280. The first-order valence-corrected chi connectivity index (χ1v) is 12.9. The van der Waals surface area contributed by atoms with Crippen LogP contribution in [0.1, 0.15) is 22.3 Å². The van der Waals surface area contributed by atoms with Crippen LogP contribution in [0.4, 0.5) is 0 Å².